The number of imidazole rings is 1. The van der Waals surface area contributed by atoms with Crippen molar-refractivity contribution in [1.29, 1.82) is 0 Å². The Bertz CT molecular complexity index is 1310. The molecule has 0 saturated carbocycles. The average Bonchev–Trinajstić information content (AvgIpc) is 3.45. The first-order chi connectivity index (χ1) is 16.0. The third kappa shape index (κ3) is 4.17. The Hall–Kier alpha value is -3.78. The summed E-state index contributed by atoms with van der Waals surface area (Å²) in [5.41, 5.74) is 3.71. The van der Waals surface area contributed by atoms with Gasteiger partial charge in [0, 0.05) is 12.1 Å². The summed E-state index contributed by atoms with van der Waals surface area (Å²) >= 11 is 0. The van der Waals surface area contributed by atoms with E-state index in [1.165, 1.54) is 12.1 Å². The van der Waals surface area contributed by atoms with Gasteiger partial charge in [0.15, 0.2) is 5.82 Å². The van der Waals surface area contributed by atoms with Gasteiger partial charge >= 0.3 is 0 Å². The lowest BCUT2D eigenvalue weighted by Gasteiger charge is -2.26. The number of hydrogen-bond acceptors (Lipinski definition) is 5. The van der Waals surface area contributed by atoms with Gasteiger partial charge < -0.3 is 14.4 Å². The zero-order chi connectivity index (χ0) is 22.9. The highest BCUT2D eigenvalue weighted by atomic mass is 19.1. The molecule has 168 valence electrons. The number of hydrogen-bond donors (Lipinski definition) is 1. The first-order valence-corrected chi connectivity index (χ1v) is 10.8. The summed E-state index contributed by atoms with van der Waals surface area (Å²) in [6, 6.07) is 12.3. The van der Waals surface area contributed by atoms with E-state index in [0.717, 1.165) is 34.7 Å². The van der Waals surface area contributed by atoms with Crippen LogP contribution in [0, 0.1) is 12.7 Å². The molecule has 0 amide bonds. The lowest BCUT2D eigenvalue weighted by molar-refractivity contribution is 0.0607. The Morgan fingerprint density at radius 3 is 2.67 bits per heavy atom. The van der Waals surface area contributed by atoms with Gasteiger partial charge in [0.05, 0.1) is 24.8 Å². The molecule has 2 aromatic heterocycles. The van der Waals surface area contributed by atoms with Crippen LogP contribution in [0.5, 0.6) is 5.75 Å². The fourth-order valence-corrected chi connectivity index (χ4v) is 4.19. The molecule has 2 atom stereocenters. The molecular weight excluding hydrogens is 421 g/mol. The third-order valence-electron chi connectivity index (χ3n) is 5.87. The van der Waals surface area contributed by atoms with Crippen LogP contribution in [-0.4, -0.2) is 36.5 Å². The fourth-order valence-electron chi connectivity index (χ4n) is 4.19. The largest absolute Gasteiger partial charge is 0.495 e. The van der Waals surface area contributed by atoms with Crippen LogP contribution in [0.25, 0.3) is 17.8 Å². The number of benzene rings is 2. The van der Waals surface area contributed by atoms with E-state index in [1.807, 2.05) is 48.0 Å². The quantitative estimate of drug-likeness (QED) is 0.489. The minimum atomic E-state index is -0.718. The smallest absolute Gasteiger partial charge is 0.174 e. The second-order valence-corrected chi connectivity index (χ2v) is 8.12. The van der Waals surface area contributed by atoms with Gasteiger partial charge in [-0.2, -0.15) is 0 Å². The summed E-state index contributed by atoms with van der Waals surface area (Å²) < 4.78 is 22.4. The fraction of sp³-hybridized carbons (Fsp3) is 0.240. The summed E-state index contributed by atoms with van der Waals surface area (Å²) in [7, 11) is 1.64. The van der Waals surface area contributed by atoms with E-state index < -0.39 is 6.23 Å². The molecule has 1 aliphatic rings. The molecule has 2 aromatic carbocycles. The molecule has 0 spiro atoms. The zero-order valence-corrected chi connectivity index (χ0v) is 18.4. The topological polar surface area (TPSA) is 78.0 Å². The molecule has 0 bridgehead atoms. The molecule has 1 N–H and O–H groups in total. The number of rotatable bonds is 5. The monoisotopic (exact) mass is 445 g/mol. The molecule has 5 rings (SSSR count). The standard InChI is InChI=1S/C25H24FN5O2/c1-16-14-30(15-27-16)21-10-3-17(13-22(21)33-2)4-11-23-28-25-20(9-12-24(32)31(25)29-23)18-5-7-19(26)8-6-18/h3-8,10-11,13-15,20,24,32H,9,12H2,1-2H3. The Morgan fingerprint density at radius 1 is 1.12 bits per heavy atom. The molecule has 4 aromatic rings. The number of fused-ring (bicyclic) bond motifs is 1. The van der Waals surface area contributed by atoms with E-state index in [1.54, 1.807) is 30.3 Å². The molecule has 3 heterocycles. The van der Waals surface area contributed by atoms with Crippen molar-refractivity contribution in [3.63, 3.8) is 0 Å². The van der Waals surface area contributed by atoms with Gasteiger partial charge in [-0.1, -0.05) is 24.3 Å². The zero-order valence-electron chi connectivity index (χ0n) is 18.4. The number of halogens is 1. The van der Waals surface area contributed by atoms with Crippen molar-refractivity contribution in [2.45, 2.75) is 31.9 Å². The summed E-state index contributed by atoms with van der Waals surface area (Å²) in [6.07, 6.45) is 7.99. The van der Waals surface area contributed by atoms with Gasteiger partial charge in [-0.15, -0.1) is 5.10 Å². The van der Waals surface area contributed by atoms with E-state index in [2.05, 4.69) is 15.1 Å². The van der Waals surface area contributed by atoms with E-state index in [9.17, 15) is 9.50 Å². The van der Waals surface area contributed by atoms with E-state index >= 15 is 0 Å². The molecule has 2 unspecified atom stereocenters. The number of ether oxygens (including phenoxy) is 1. The number of methoxy groups -OCH3 is 1. The van der Waals surface area contributed by atoms with Crippen LogP contribution >= 0.6 is 0 Å². The van der Waals surface area contributed by atoms with Crippen LogP contribution < -0.4 is 4.74 Å². The van der Waals surface area contributed by atoms with Crippen molar-refractivity contribution in [1.82, 2.24) is 24.3 Å². The van der Waals surface area contributed by atoms with Crippen LogP contribution in [0.2, 0.25) is 0 Å². The van der Waals surface area contributed by atoms with E-state index in [-0.39, 0.29) is 11.7 Å². The van der Waals surface area contributed by atoms with Crippen LogP contribution in [-0.2, 0) is 0 Å². The van der Waals surface area contributed by atoms with Gasteiger partial charge in [0.1, 0.15) is 23.6 Å². The number of nitrogens with zero attached hydrogens (tertiary/aromatic N) is 5. The van der Waals surface area contributed by atoms with Crippen LogP contribution in [0.3, 0.4) is 0 Å². The molecular formula is C25H24FN5O2. The molecule has 33 heavy (non-hydrogen) atoms. The Balaban J connectivity index is 1.43. The maximum Gasteiger partial charge on any atom is 0.174 e. The second kappa shape index (κ2) is 8.63. The molecule has 0 fully saturated rings. The Labute approximate surface area is 190 Å². The molecule has 0 saturated heterocycles. The highest BCUT2D eigenvalue weighted by Crippen LogP contribution is 2.36. The van der Waals surface area contributed by atoms with E-state index in [0.29, 0.717) is 18.1 Å². The molecule has 7 nitrogen and oxygen atoms in total. The lowest BCUT2D eigenvalue weighted by atomic mass is 9.90. The van der Waals surface area contributed by atoms with Crippen LogP contribution in [0.1, 0.15) is 53.5 Å². The Kier molecular flexibility index (Phi) is 5.51. The van der Waals surface area contributed by atoms with Gasteiger partial charge in [0.2, 0.25) is 0 Å². The minimum Gasteiger partial charge on any atom is -0.495 e. The highest BCUT2D eigenvalue weighted by Gasteiger charge is 2.30. The lowest BCUT2D eigenvalue weighted by Crippen LogP contribution is -2.23. The summed E-state index contributed by atoms with van der Waals surface area (Å²) in [4.78, 5) is 8.95. The molecule has 0 aliphatic carbocycles. The first kappa shape index (κ1) is 21.1. The van der Waals surface area contributed by atoms with Crippen LogP contribution in [0.15, 0.2) is 55.0 Å². The number of aliphatic hydroxyl groups excluding tert-OH is 1. The third-order valence-corrected chi connectivity index (χ3v) is 5.87. The maximum atomic E-state index is 13.4. The van der Waals surface area contributed by atoms with Gasteiger partial charge in [0.25, 0.3) is 0 Å². The molecule has 0 radical (unpaired) electrons. The van der Waals surface area contributed by atoms with Gasteiger partial charge in [-0.3, -0.25) is 0 Å². The summed E-state index contributed by atoms with van der Waals surface area (Å²) in [6.45, 7) is 1.94. The van der Waals surface area contributed by atoms with Crippen LogP contribution in [0.4, 0.5) is 4.39 Å². The predicted octanol–water partition coefficient (Wildman–Crippen LogP) is 4.51. The maximum absolute atomic E-state index is 13.4. The van der Waals surface area contributed by atoms with Crippen molar-refractivity contribution in [3.05, 3.63) is 89.3 Å². The van der Waals surface area contributed by atoms with Crippen molar-refractivity contribution in [3.8, 4) is 11.4 Å². The van der Waals surface area contributed by atoms with Crippen molar-refractivity contribution >= 4 is 12.2 Å². The average molecular weight is 445 g/mol. The SMILES string of the molecule is COc1cc(C=Cc2nc3n(n2)C(O)CCC3c2ccc(F)cc2)ccc1-n1cnc(C)c1. The second-order valence-electron chi connectivity index (χ2n) is 8.12. The van der Waals surface area contributed by atoms with Crippen molar-refractivity contribution < 1.29 is 14.2 Å². The van der Waals surface area contributed by atoms with Gasteiger partial charge in [-0.05, 0) is 61.2 Å². The number of aryl methyl sites for hydroxylation is 1. The highest BCUT2D eigenvalue weighted by molar-refractivity contribution is 5.69. The number of aromatic nitrogens is 5. The Morgan fingerprint density at radius 2 is 1.94 bits per heavy atom. The van der Waals surface area contributed by atoms with Crippen molar-refractivity contribution in [2.24, 2.45) is 0 Å². The minimum absolute atomic E-state index is 0.0401. The van der Waals surface area contributed by atoms with Crippen molar-refractivity contribution in [2.75, 3.05) is 7.11 Å². The molecule has 1 aliphatic heterocycles. The summed E-state index contributed by atoms with van der Waals surface area (Å²) in [5, 5.41) is 14.9. The van der Waals surface area contributed by atoms with E-state index in [4.69, 9.17) is 4.74 Å². The van der Waals surface area contributed by atoms with Gasteiger partial charge in [-0.25, -0.2) is 19.0 Å². The predicted molar refractivity (Wildman–Crippen MR) is 123 cm³/mol. The number of aliphatic hydroxyl groups is 1. The summed E-state index contributed by atoms with van der Waals surface area (Å²) in [5.74, 6) is 1.60. The molecule has 8 heteroatoms. The normalized spacial score (nSPS) is 17.9. The first-order valence-electron chi connectivity index (χ1n) is 10.8.